The van der Waals surface area contributed by atoms with Crippen molar-refractivity contribution in [3.8, 4) is 11.1 Å². The first kappa shape index (κ1) is 30.3. The number of benzene rings is 6. The Morgan fingerprint density at radius 3 is 2.00 bits per heavy atom. The Morgan fingerprint density at radius 2 is 1.27 bits per heavy atom. The third kappa shape index (κ3) is 4.54. The van der Waals surface area contributed by atoms with Crippen LogP contribution in [0, 0.1) is 6.92 Å². The molecule has 49 heavy (non-hydrogen) atoms. The highest BCUT2D eigenvalue weighted by molar-refractivity contribution is 6.73. The van der Waals surface area contributed by atoms with Gasteiger partial charge >= 0.3 is 0 Å². The van der Waals surface area contributed by atoms with Crippen molar-refractivity contribution in [1.82, 2.24) is 0 Å². The summed E-state index contributed by atoms with van der Waals surface area (Å²) in [6, 6.07) is 41.1. The summed E-state index contributed by atoms with van der Waals surface area (Å²) in [4.78, 5) is 2.58. The first-order chi connectivity index (χ1) is 23.4. The number of fused-ring (bicyclic) bond motifs is 6. The lowest BCUT2D eigenvalue weighted by molar-refractivity contribution is 0.332. The Hall–Kier alpha value is -4.76. The van der Waals surface area contributed by atoms with Gasteiger partial charge in [0.1, 0.15) is 0 Å². The molecule has 0 amide bonds. The fraction of sp³-hybridized carbons (Fsp3) is 0.261. The fourth-order valence-corrected chi connectivity index (χ4v) is 8.97. The van der Waals surface area contributed by atoms with Gasteiger partial charge < -0.3 is 10.2 Å². The van der Waals surface area contributed by atoms with Crippen LogP contribution < -0.4 is 21.1 Å². The van der Waals surface area contributed by atoms with Crippen molar-refractivity contribution in [2.45, 2.75) is 77.6 Å². The van der Waals surface area contributed by atoms with Gasteiger partial charge in [0, 0.05) is 33.7 Å². The molecule has 2 nitrogen and oxygen atoms in total. The maximum Gasteiger partial charge on any atom is 0.197 e. The van der Waals surface area contributed by atoms with Crippen LogP contribution >= 0.6 is 0 Å². The van der Waals surface area contributed by atoms with Gasteiger partial charge in [-0.1, -0.05) is 114 Å². The second kappa shape index (κ2) is 10.4. The lowest BCUT2D eigenvalue weighted by Crippen LogP contribution is -2.45. The molecule has 241 valence electrons. The average molecular weight is 636 g/mol. The zero-order chi connectivity index (χ0) is 33.9. The van der Waals surface area contributed by atoms with Crippen LogP contribution in [0.2, 0.25) is 0 Å². The molecule has 0 saturated carbocycles. The van der Waals surface area contributed by atoms with Crippen LogP contribution in [-0.4, -0.2) is 7.28 Å². The van der Waals surface area contributed by atoms with Crippen molar-refractivity contribution in [2.24, 2.45) is 0 Å². The van der Waals surface area contributed by atoms with E-state index in [-0.39, 0.29) is 16.2 Å². The molecule has 1 radical (unpaired) electrons. The van der Waals surface area contributed by atoms with Gasteiger partial charge in [-0.2, -0.15) is 0 Å². The van der Waals surface area contributed by atoms with Crippen molar-refractivity contribution < 1.29 is 0 Å². The van der Waals surface area contributed by atoms with E-state index in [2.05, 4.69) is 175 Å². The van der Waals surface area contributed by atoms with Gasteiger partial charge in [0.2, 0.25) is 0 Å². The molecule has 0 spiro atoms. The van der Waals surface area contributed by atoms with Gasteiger partial charge in [0.05, 0.1) is 5.69 Å². The highest BCUT2D eigenvalue weighted by atomic mass is 15.2. The van der Waals surface area contributed by atoms with E-state index in [1.54, 1.807) is 0 Å². The third-order valence-electron chi connectivity index (χ3n) is 11.9. The molecule has 1 N–H and O–H groups in total. The van der Waals surface area contributed by atoms with E-state index in [1.165, 1.54) is 96.2 Å². The van der Waals surface area contributed by atoms with Crippen LogP contribution in [0.1, 0.15) is 82.2 Å². The molecule has 0 aromatic heterocycles. The number of anilines is 5. The standard InChI is InChI=1S/C46H44BN2/c1-28-22-33(32-26-35-36(45(4,5)21-20-44(35,2)3)27-39(32)48-31-16-9-8-10-17-31)42-41(23-28)49-40-25-30-15-12-11-14-29(30)24-37(40)46(6,7)34-18-13-19-38(47-42)43(34)49/h8-19,22-27,48H,20-21H2,1-7H3. The van der Waals surface area contributed by atoms with Crippen LogP contribution in [0.4, 0.5) is 28.4 Å². The Morgan fingerprint density at radius 1 is 0.592 bits per heavy atom. The predicted molar refractivity (Wildman–Crippen MR) is 211 cm³/mol. The summed E-state index contributed by atoms with van der Waals surface area (Å²) >= 11 is 0. The summed E-state index contributed by atoms with van der Waals surface area (Å²) in [6.45, 7) is 16.7. The van der Waals surface area contributed by atoms with Gasteiger partial charge in [-0.05, 0) is 123 Å². The minimum atomic E-state index is -0.136. The minimum Gasteiger partial charge on any atom is -0.355 e. The second-order valence-electron chi connectivity index (χ2n) is 16.5. The normalized spacial score (nSPS) is 17.3. The Bertz CT molecular complexity index is 2330. The monoisotopic (exact) mass is 635 g/mol. The quantitative estimate of drug-likeness (QED) is 0.194. The van der Waals surface area contributed by atoms with E-state index in [0.29, 0.717) is 0 Å². The van der Waals surface area contributed by atoms with E-state index >= 15 is 0 Å². The molecule has 0 atom stereocenters. The lowest BCUT2D eigenvalue weighted by atomic mass is 9.55. The molecule has 2 aliphatic heterocycles. The third-order valence-corrected chi connectivity index (χ3v) is 11.9. The smallest absolute Gasteiger partial charge is 0.197 e. The fourth-order valence-electron chi connectivity index (χ4n) is 8.97. The topological polar surface area (TPSA) is 15.3 Å². The predicted octanol–water partition coefficient (Wildman–Crippen LogP) is 11.0. The van der Waals surface area contributed by atoms with Gasteiger partial charge in [0.25, 0.3) is 0 Å². The first-order valence-corrected chi connectivity index (χ1v) is 17.9. The molecule has 1 aliphatic carbocycles. The first-order valence-electron chi connectivity index (χ1n) is 17.9. The van der Waals surface area contributed by atoms with Crippen LogP contribution in [0.3, 0.4) is 0 Å². The maximum atomic E-state index is 3.90. The summed E-state index contributed by atoms with van der Waals surface area (Å²) in [7, 11) is 2.46. The van der Waals surface area contributed by atoms with E-state index < -0.39 is 0 Å². The molecule has 3 heteroatoms. The molecular weight excluding hydrogens is 591 g/mol. The molecule has 6 aromatic carbocycles. The van der Waals surface area contributed by atoms with Crippen molar-refractivity contribution >= 4 is 57.4 Å². The van der Waals surface area contributed by atoms with E-state index in [1.807, 2.05) is 0 Å². The van der Waals surface area contributed by atoms with Crippen LogP contribution in [0.15, 0.2) is 109 Å². The van der Waals surface area contributed by atoms with Gasteiger partial charge in [0.15, 0.2) is 7.28 Å². The number of nitrogens with one attached hydrogen (secondary N) is 1. The number of para-hydroxylation sites is 2. The number of rotatable bonds is 3. The number of aryl methyl sites for hydroxylation is 1. The maximum absolute atomic E-state index is 3.90. The van der Waals surface area contributed by atoms with Crippen LogP contribution in [0.5, 0.6) is 0 Å². The zero-order valence-electron chi connectivity index (χ0n) is 29.8. The van der Waals surface area contributed by atoms with Gasteiger partial charge in [-0.15, -0.1) is 0 Å². The van der Waals surface area contributed by atoms with Crippen LogP contribution in [-0.2, 0) is 16.2 Å². The minimum absolute atomic E-state index is 0.0957. The Balaban J connectivity index is 1.33. The van der Waals surface area contributed by atoms with Gasteiger partial charge in [-0.3, -0.25) is 0 Å². The molecule has 6 aromatic rings. The second-order valence-corrected chi connectivity index (χ2v) is 16.5. The highest BCUT2D eigenvalue weighted by Gasteiger charge is 2.42. The van der Waals surface area contributed by atoms with E-state index in [4.69, 9.17) is 0 Å². The molecule has 0 fully saturated rings. The van der Waals surface area contributed by atoms with Gasteiger partial charge in [-0.25, -0.2) is 0 Å². The number of hydrogen-bond acceptors (Lipinski definition) is 2. The largest absolute Gasteiger partial charge is 0.355 e. The summed E-state index contributed by atoms with van der Waals surface area (Å²) in [5.41, 5.74) is 18.2. The molecule has 0 unspecified atom stereocenters. The van der Waals surface area contributed by atoms with Crippen LogP contribution in [0.25, 0.3) is 21.9 Å². The van der Waals surface area contributed by atoms with E-state index in [0.717, 1.165) is 5.69 Å². The average Bonchev–Trinajstić information content (AvgIpc) is 3.08. The lowest BCUT2D eigenvalue weighted by Gasteiger charge is -2.46. The zero-order valence-corrected chi connectivity index (χ0v) is 29.8. The van der Waals surface area contributed by atoms with Crippen molar-refractivity contribution in [2.75, 3.05) is 10.2 Å². The summed E-state index contributed by atoms with van der Waals surface area (Å²) in [5.74, 6) is 0. The SMILES string of the molecule is Cc1cc(-c2cc3c(cc2Nc2ccccc2)C(C)(C)CCC3(C)C)c2c(c1)N1c3cc4ccccc4cc3C(C)(C)c3cccc(c31)[B]2. The molecule has 2 heterocycles. The van der Waals surface area contributed by atoms with Crippen molar-refractivity contribution in [3.63, 3.8) is 0 Å². The highest BCUT2D eigenvalue weighted by Crippen LogP contribution is 2.54. The summed E-state index contributed by atoms with van der Waals surface area (Å²) in [6.07, 6.45) is 2.36. The van der Waals surface area contributed by atoms with Crippen molar-refractivity contribution in [3.05, 3.63) is 137 Å². The molecule has 9 rings (SSSR count). The molecule has 0 bridgehead atoms. The Kier molecular flexibility index (Phi) is 6.42. The van der Waals surface area contributed by atoms with E-state index in [9.17, 15) is 0 Å². The molecule has 3 aliphatic rings. The Labute approximate surface area is 292 Å². The molecular formula is C46H44BN2. The number of hydrogen-bond donors (Lipinski definition) is 1. The molecule has 0 saturated heterocycles. The number of nitrogens with zero attached hydrogens (tertiary/aromatic N) is 1. The summed E-state index contributed by atoms with van der Waals surface area (Å²) in [5, 5.41) is 6.46. The summed E-state index contributed by atoms with van der Waals surface area (Å²) < 4.78 is 0. The van der Waals surface area contributed by atoms with Crippen molar-refractivity contribution in [1.29, 1.82) is 0 Å².